The molecule has 2 aliphatic carbocycles. The SMILES string of the molecule is C.Clc1nc(-c2ccc(-c3ccccn3)cc2)nc(-c2cccc(-c3ccccc3)c2)n1.OB(O)c1ccc2c(c1)-c1ccccc1C2(c1ccccc1)c1ccccc1.c1ccc(-c2cccc(-c3nc(-c4ccc(-c5ccccn5)cc4)nc(-c4ccc5c(c4)-c4ccccc4C5(c4ccccc4)c4ccccc4)n3)c2)cc1. The van der Waals surface area contributed by atoms with Gasteiger partial charge in [-0.2, -0.15) is 9.97 Å². The second-order valence-electron chi connectivity index (χ2n) is 28.0. The van der Waals surface area contributed by atoms with Gasteiger partial charge in [0.1, 0.15) is 0 Å². The summed E-state index contributed by atoms with van der Waals surface area (Å²) in [5.74, 6) is 2.93. The molecule has 0 fully saturated rings. The Balaban J connectivity index is 0.000000135. The van der Waals surface area contributed by atoms with Crippen molar-refractivity contribution >= 4 is 24.2 Å². The van der Waals surface area contributed by atoms with Crippen LogP contribution in [0.5, 0.6) is 0 Å². The molecule has 0 unspecified atom stereocenters. The van der Waals surface area contributed by atoms with Crippen LogP contribution in [-0.2, 0) is 10.8 Å². The van der Waals surface area contributed by atoms with Gasteiger partial charge in [0.05, 0.1) is 22.2 Å². The molecule has 0 amide bonds. The lowest BCUT2D eigenvalue weighted by Gasteiger charge is -2.33. The fraction of sp³-hybridized carbons (Fsp3) is 0.0291. The largest absolute Gasteiger partial charge is 0.488 e. The summed E-state index contributed by atoms with van der Waals surface area (Å²) in [4.78, 5) is 37.8. The van der Waals surface area contributed by atoms with E-state index in [0.29, 0.717) is 34.6 Å². The van der Waals surface area contributed by atoms with Crippen molar-refractivity contribution in [2.24, 2.45) is 0 Å². The Labute approximate surface area is 674 Å². The summed E-state index contributed by atoms with van der Waals surface area (Å²) in [6, 6.07) is 138. The van der Waals surface area contributed by atoms with E-state index in [9.17, 15) is 10.0 Å². The number of rotatable bonds is 14. The Bertz CT molecular complexity index is 6360. The normalized spacial score (nSPS) is 12.2. The number of fused-ring (bicyclic) bond motifs is 6. The van der Waals surface area contributed by atoms with Gasteiger partial charge in [0.2, 0.25) is 5.28 Å². The lowest BCUT2D eigenvalue weighted by atomic mass is 9.67. The molecule has 14 aromatic carbocycles. The lowest BCUT2D eigenvalue weighted by Crippen LogP contribution is -2.31. The fourth-order valence-electron chi connectivity index (χ4n) is 16.2. The van der Waals surface area contributed by atoms with Gasteiger partial charge in [0.15, 0.2) is 29.1 Å². The van der Waals surface area contributed by atoms with Crippen LogP contribution < -0.4 is 5.46 Å². The molecule has 0 saturated carbocycles. The fourth-order valence-corrected chi connectivity index (χ4v) is 16.3. The molecule has 2 N–H and O–H groups in total. The number of hydrogen-bond donors (Lipinski definition) is 2. The predicted octanol–water partition coefficient (Wildman–Crippen LogP) is 22.9. The van der Waals surface area contributed by atoms with E-state index >= 15 is 0 Å². The highest BCUT2D eigenvalue weighted by Crippen LogP contribution is 2.58. The maximum absolute atomic E-state index is 9.72. The molecule has 0 saturated heterocycles. The molecule has 10 nitrogen and oxygen atoms in total. The first kappa shape index (κ1) is 73.5. The molecule has 548 valence electrons. The van der Waals surface area contributed by atoms with Crippen molar-refractivity contribution in [2.75, 3.05) is 0 Å². The van der Waals surface area contributed by atoms with E-state index in [1.54, 1.807) is 6.20 Å². The molecule has 20 rings (SSSR count). The molecule has 4 aromatic heterocycles. The Kier molecular flexibility index (Phi) is 20.8. The highest BCUT2D eigenvalue weighted by atomic mass is 35.5. The maximum Gasteiger partial charge on any atom is 0.488 e. The Morgan fingerprint density at radius 1 is 0.226 bits per heavy atom. The smallest absolute Gasteiger partial charge is 0.423 e. The second kappa shape index (κ2) is 32.5. The molecule has 0 radical (unpaired) electrons. The van der Waals surface area contributed by atoms with Crippen molar-refractivity contribution in [3.63, 3.8) is 0 Å². The Morgan fingerprint density at radius 2 is 0.522 bits per heavy atom. The lowest BCUT2D eigenvalue weighted by molar-refractivity contribution is 0.426. The summed E-state index contributed by atoms with van der Waals surface area (Å²) >= 11 is 6.26. The molecule has 4 heterocycles. The van der Waals surface area contributed by atoms with Gasteiger partial charge >= 0.3 is 7.12 Å². The first-order valence-corrected chi connectivity index (χ1v) is 38.2. The maximum atomic E-state index is 9.72. The Hall–Kier alpha value is -14.3. The van der Waals surface area contributed by atoms with Gasteiger partial charge in [-0.05, 0) is 149 Å². The minimum atomic E-state index is -1.49. The van der Waals surface area contributed by atoms with Crippen LogP contribution in [0.3, 0.4) is 0 Å². The molecule has 0 spiro atoms. The van der Waals surface area contributed by atoms with Crippen LogP contribution in [0.1, 0.15) is 51.9 Å². The van der Waals surface area contributed by atoms with Crippen LogP contribution in [0.2, 0.25) is 5.28 Å². The molecular weight excluding hydrogens is 1430 g/mol. The summed E-state index contributed by atoms with van der Waals surface area (Å²) in [6.45, 7) is 0. The van der Waals surface area contributed by atoms with Gasteiger partial charge < -0.3 is 10.0 Å². The zero-order valence-electron chi connectivity index (χ0n) is 61.7. The van der Waals surface area contributed by atoms with Crippen molar-refractivity contribution in [1.29, 1.82) is 0 Å². The summed E-state index contributed by atoms with van der Waals surface area (Å²) < 4.78 is 0. The number of pyridine rings is 2. The third-order valence-corrected chi connectivity index (χ3v) is 21.6. The molecule has 12 heteroatoms. The highest BCUT2D eigenvalue weighted by molar-refractivity contribution is 6.58. The third-order valence-electron chi connectivity index (χ3n) is 21.4. The number of benzene rings is 14. The first-order valence-electron chi connectivity index (χ1n) is 37.8. The average Bonchev–Trinajstić information content (AvgIpc) is 1.54. The van der Waals surface area contributed by atoms with Crippen molar-refractivity contribution < 1.29 is 10.0 Å². The van der Waals surface area contributed by atoms with Gasteiger partial charge in [-0.1, -0.05) is 365 Å². The van der Waals surface area contributed by atoms with Gasteiger partial charge in [-0.3, -0.25) is 9.97 Å². The zero-order valence-corrected chi connectivity index (χ0v) is 62.4. The quantitative estimate of drug-likeness (QED) is 0.101. The standard InChI is InChI=1S/C51H34N4.C26H17ClN4.C25H19BO2.CH4/c1-4-15-35(16-5-1)38-17-14-18-39(33-38)49-53-48(37-28-26-36(27-29-37)47-25-12-13-32-52-47)54-50(55-49)40-30-31-46-44(34-40)43-23-10-11-24-45(43)51(46,41-19-6-2-7-20-41)42-21-8-3-9-22-42;27-26-30-24(20-14-12-19(13-15-20)23-11-4-5-16-28-23)29-25(31-26)22-10-6-9-21(17-22)18-7-2-1-3-8-18;27-26(28)20-15-16-24-22(17-20)21-13-7-8-14-23(21)25(24,18-9-3-1-4-10-18)19-11-5-2-6-12-19;/h1-34H;1-17H;1-17,27-28H;1H4. The third kappa shape index (κ3) is 14.3. The van der Waals surface area contributed by atoms with Crippen LogP contribution in [-0.4, -0.2) is 57.0 Å². The van der Waals surface area contributed by atoms with E-state index in [1.807, 2.05) is 140 Å². The number of aromatic nitrogens is 8. The predicted molar refractivity (Wildman–Crippen MR) is 467 cm³/mol. The Morgan fingerprint density at radius 3 is 0.922 bits per heavy atom. The van der Waals surface area contributed by atoms with Crippen LogP contribution >= 0.6 is 11.6 Å². The van der Waals surface area contributed by atoms with E-state index < -0.39 is 17.9 Å². The summed E-state index contributed by atoms with van der Waals surface area (Å²) in [5, 5.41) is 19.6. The zero-order chi connectivity index (χ0) is 76.8. The minimum Gasteiger partial charge on any atom is -0.423 e. The second-order valence-corrected chi connectivity index (χ2v) is 28.4. The molecular formula is C103H74BClN8O2. The van der Waals surface area contributed by atoms with Crippen molar-refractivity contribution in [3.8, 4) is 124 Å². The van der Waals surface area contributed by atoms with E-state index in [4.69, 9.17) is 26.6 Å². The summed E-state index contributed by atoms with van der Waals surface area (Å²) in [6.07, 6.45) is 3.60. The highest BCUT2D eigenvalue weighted by Gasteiger charge is 2.48. The van der Waals surface area contributed by atoms with Crippen LogP contribution in [0.25, 0.3) is 124 Å². The molecule has 0 aliphatic heterocycles. The van der Waals surface area contributed by atoms with Crippen LogP contribution in [0.15, 0.2) is 413 Å². The van der Waals surface area contributed by atoms with Crippen molar-refractivity contribution in [2.45, 2.75) is 18.3 Å². The average molecular weight is 1500 g/mol. The molecule has 0 bridgehead atoms. The van der Waals surface area contributed by atoms with E-state index in [0.717, 1.165) is 89.3 Å². The monoisotopic (exact) mass is 1500 g/mol. The van der Waals surface area contributed by atoms with Gasteiger partial charge in [0, 0.05) is 51.3 Å². The molecule has 115 heavy (non-hydrogen) atoms. The van der Waals surface area contributed by atoms with Crippen molar-refractivity contribution in [3.05, 3.63) is 463 Å². The van der Waals surface area contributed by atoms with E-state index in [1.165, 1.54) is 50.1 Å². The number of halogens is 1. The van der Waals surface area contributed by atoms with Crippen LogP contribution in [0.4, 0.5) is 0 Å². The molecule has 2 aliphatic rings. The van der Waals surface area contributed by atoms with Gasteiger partial charge in [0.25, 0.3) is 0 Å². The van der Waals surface area contributed by atoms with Gasteiger partial charge in [-0.15, -0.1) is 0 Å². The minimum absolute atomic E-state index is 0. The number of hydrogen-bond acceptors (Lipinski definition) is 10. The first-order chi connectivity index (χ1) is 56.2. The molecule has 18 aromatic rings. The van der Waals surface area contributed by atoms with Crippen molar-refractivity contribution in [1.82, 2.24) is 39.9 Å². The van der Waals surface area contributed by atoms with E-state index in [-0.39, 0.29) is 12.7 Å². The topological polar surface area (TPSA) is 144 Å². The van der Waals surface area contributed by atoms with E-state index in [2.05, 4.69) is 292 Å². The van der Waals surface area contributed by atoms with Gasteiger partial charge in [-0.25, -0.2) is 19.9 Å². The summed E-state index contributed by atoms with van der Waals surface area (Å²) in [5.41, 5.74) is 26.8. The number of nitrogens with zero attached hydrogens (tertiary/aromatic N) is 8. The summed E-state index contributed by atoms with van der Waals surface area (Å²) in [7, 11) is -1.49. The van der Waals surface area contributed by atoms with Crippen LogP contribution in [0, 0.1) is 0 Å². The molecule has 0 atom stereocenters.